The third-order valence-corrected chi connectivity index (χ3v) is 7.34. The first kappa shape index (κ1) is 16.3. The molecule has 0 radical (unpaired) electrons. The van der Waals surface area contributed by atoms with Crippen molar-refractivity contribution < 1.29 is 8.42 Å². The van der Waals surface area contributed by atoms with E-state index in [4.69, 9.17) is 0 Å². The maximum absolute atomic E-state index is 12.3. The molecular weight excluding hydrogens is 312 g/mol. The van der Waals surface area contributed by atoms with Gasteiger partial charge in [0.2, 0.25) is 10.0 Å². The molecule has 0 bridgehead atoms. The fraction of sp³-hybridized carbons (Fsp3) is 0.692. The van der Waals surface area contributed by atoms with Crippen LogP contribution in [-0.4, -0.2) is 33.0 Å². The zero-order valence-electron chi connectivity index (χ0n) is 11.9. The molecule has 1 saturated carbocycles. The minimum absolute atomic E-state index is 0.0936. The molecular formula is C13H22N2O2S3. The van der Waals surface area contributed by atoms with Crippen molar-refractivity contribution in [3.8, 4) is 0 Å². The maximum Gasteiger partial charge on any atom is 0.241 e. The van der Waals surface area contributed by atoms with E-state index in [9.17, 15) is 8.42 Å². The molecule has 2 N–H and O–H groups in total. The average Bonchev–Trinajstić information content (AvgIpc) is 2.89. The molecule has 0 unspecified atom stereocenters. The Morgan fingerprint density at radius 1 is 1.35 bits per heavy atom. The zero-order valence-corrected chi connectivity index (χ0v) is 14.3. The quantitative estimate of drug-likeness (QED) is 0.839. The summed E-state index contributed by atoms with van der Waals surface area (Å²) in [6.07, 6.45) is 6.21. The van der Waals surface area contributed by atoms with E-state index in [2.05, 4.69) is 16.3 Å². The van der Waals surface area contributed by atoms with Crippen LogP contribution in [0.5, 0.6) is 0 Å². The van der Waals surface area contributed by atoms with Crippen LogP contribution < -0.4 is 10.0 Å². The molecule has 1 aliphatic rings. The normalized spacial score (nSPS) is 23.9. The van der Waals surface area contributed by atoms with Crippen LogP contribution in [0.25, 0.3) is 0 Å². The second kappa shape index (κ2) is 7.26. The molecule has 1 aliphatic carbocycles. The molecule has 0 aromatic carbocycles. The fourth-order valence-corrected chi connectivity index (χ4v) is 5.81. The van der Waals surface area contributed by atoms with E-state index >= 15 is 0 Å². The Bertz CT molecular complexity index is 519. The second-order valence-corrected chi connectivity index (χ2v) is 8.96. The van der Waals surface area contributed by atoms with Gasteiger partial charge in [0.25, 0.3) is 0 Å². The summed E-state index contributed by atoms with van der Waals surface area (Å²) < 4.78 is 27.5. The van der Waals surface area contributed by atoms with Crippen LogP contribution in [-0.2, 0) is 16.6 Å². The van der Waals surface area contributed by atoms with Crippen LogP contribution in [0.15, 0.2) is 16.3 Å². The largest absolute Gasteiger partial charge is 0.315 e. The van der Waals surface area contributed by atoms with Crippen molar-refractivity contribution in [2.24, 2.45) is 0 Å². The third kappa shape index (κ3) is 4.21. The van der Waals surface area contributed by atoms with Gasteiger partial charge in [-0.15, -0.1) is 11.3 Å². The lowest BCUT2D eigenvalue weighted by Crippen LogP contribution is -2.37. The second-order valence-electron chi connectivity index (χ2n) is 5.11. The Labute approximate surface area is 129 Å². The molecule has 1 aromatic rings. The number of hydrogen-bond acceptors (Lipinski definition) is 5. The highest BCUT2D eigenvalue weighted by atomic mass is 32.2. The van der Waals surface area contributed by atoms with E-state index in [1.54, 1.807) is 11.4 Å². The molecule has 1 fully saturated rings. The van der Waals surface area contributed by atoms with E-state index in [1.165, 1.54) is 11.3 Å². The fourth-order valence-electron chi connectivity index (χ4n) is 2.47. The van der Waals surface area contributed by atoms with Gasteiger partial charge in [0.05, 0.1) is 4.90 Å². The smallest absolute Gasteiger partial charge is 0.241 e. The highest BCUT2D eigenvalue weighted by Crippen LogP contribution is 2.28. The Kier molecular flexibility index (Phi) is 5.92. The molecule has 1 heterocycles. The van der Waals surface area contributed by atoms with Gasteiger partial charge in [0, 0.05) is 28.1 Å². The number of rotatable bonds is 6. The minimum atomic E-state index is -3.36. The maximum atomic E-state index is 12.3. The van der Waals surface area contributed by atoms with Crippen molar-refractivity contribution in [1.82, 2.24) is 10.0 Å². The van der Waals surface area contributed by atoms with Crippen molar-refractivity contribution in [2.45, 2.75) is 48.4 Å². The number of sulfonamides is 1. The van der Waals surface area contributed by atoms with E-state index in [1.807, 2.05) is 18.8 Å². The predicted octanol–water partition coefficient (Wildman–Crippen LogP) is 2.42. The first-order valence-electron chi connectivity index (χ1n) is 6.82. The molecule has 0 aliphatic heterocycles. The summed E-state index contributed by atoms with van der Waals surface area (Å²) in [6, 6.07) is 1.85. The predicted molar refractivity (Wildman–Crippen MR) is 87.0 cm³/mol. The molecule has 0 atom stereocenters. The van der Waals surface area contributed by atoms with Crippen LogP contribution in [0.2, 0.25) is 0 Å². The van der Waals surface area contributed by atoms with Crippen LogP contribution in [0.4, 0.5) is 0 Å². The van der Waals surface area contributed by atoms with Gasteiger partial charge in [0.1, 0.15) is 0 Å². The lowest BCUT2D eigenvalue weighted by molar-refractivity contribution is 0.420. The summed E-state index contributed by atoms with van der Waals surface area (Å²) in [5, 5.41) is 5.45. The molecule has 2 rings (SSSR count). The lowest BCUT2D eigenvalue weighted by Gasteiger charge is -2.27. The topological polar surface area (TPSA) is 58.2 Å². The molecule has 114 valence electrons. The Morgan fingerprint density at radius 3 is 2.65 bits per heavy atom. The Hall–Kier alpha value is -0.0800. The van der Waals surface area contributed by atoms with E-state index in [0.29, 0.717) is 16.7 Å². The van der Waals surface area contributed by atoms with Gasteiger partial charge >= 0.3 is 0 Å². The summed E-state index contributed by atoms with van der Waals surface area (Å²) in [5.74, 6) is 0. The average molecular weight is 335 g/mol. The van der Waals surface area contributed by atoms with Crippen LogP contribution >= 0.6 is 23.1 Å². The molecule has 0 amide bonds. The summed E-state index contributed by atoms with van der Waals surface area (Å²) in [4.78, 5) is 1.44. The zero-order chi connectivity index (χ0) is 14.6. The van der Waals surface area contributed by atoms with Gasteiger partial charge in [-0.2, -0.15) is 11.8 Å². The highest BCUT2D eigenvalue weighted by Gasteiger charge is 2.25. The first-order chi connectivity index (χ1) is 9.55. The number of thioether (sulfide) groups is 1. The molecule has 7 heteroatoms. The van der Waals surface area contributed by atoms with Crippen LogP contribution in [0.3, 0.4) is 0 Å². The number of hydrogen-bond donors (Lipinski definition) is 2. The number of thiophene rings is 1. The Morgan fingerprint density at radius 2 is 2.05 bits per heavy atom. The summed E-state index contributed by atoms with van der Waals surface area (Å²) in [6.45, 7) is 0.707. The van der Waals surface area contributed by atoms with Gasteiger partial charge in [-0.1, -0.05) is 0 Å². The van der Waals surface area contributed by atoms with Crippen molar-refractivity contribution >= 4 is 33.1 Å². The van der Waals surface area contributed by atoms with E-state index < -0.39 is 10.0 Å². The van der Waals surface area contributed by atoms with Crippen molar-refractivity contribution in [3.63, 3.8) is 0 Å². The molecule has 1 aromatic heterocycles. The van der Waals surface area contributed by atoms with Crippen molar-refractivity contribution in [3.05, 3.63) is 16.3 Å². The summed E-state index contributed by atoms with van der Waals surface area (Å²) >= 11 is 3.37. The van der Waals surface area contributed by atoms with Crippen LogP contribution in [0, 0.1) is 0 Å². The molecule has 0 saturated heterocycles. The van der Waals surface area contributed by atoms with Gasteiger partial charge in [0.15, 0.2) is 0 Å². The van der Waals surface area contributed by atoms with Crippen LogP contribution in [0.1, 0.15) is 30.6 Å². The first-order valence-corrected chi connectivity index (χ1v) is 10.5. The highest BCUT2D eigenvalue weighted by molar-refractivity contribution is 7.99. The number of nitrogens with one attached hydrogen (secondary N) is 2. The molecule has 20 heavy (non-hydrogen) atoms. The molecule has 4 nitrogen and oxygen atoms in total. The van der Waals surface area contributed by atoms with Gasteiger partial charge in [-0.05, 0) is 45.1 Å². The third-order valence-electron chi connectivity index (χ3n) is 3.62. The Balaban J connectivity index is 1.96. The lowest BCUT2D eigenvalue weighted by atomic mass is 9.96. The molecule has 0 spiro atoms. The van der Waals surface area contributed by atoms with Crippen molar-refractivity contribution in [2.75, 3.05) is 13.3 Å². The van der Waals surface area contributed by atoms with Gasteiger partial charge in [-0.25, -0.2) is 13.1 Å². The van der Waals surface area contributed by atoms with Gasteiger partial charge < -0.3 is 5.32 Å². The summed E-state index contributed by atoms with van der Waals surface area (Å²) in [7, 11) is -1.50. The van der Waals surface area contributed by atoms with Crippen molar-refractivity contribution in [1.29, 1.82) is 0 Å². The SMILES string of the molecule is CNCc1cc(S(=O)(=O)NC2CCC(SC)CC2)cs1. The van der Waals surface area contributed by atoms with E-state index in [-0.39, 0.29) is 6.04 Å². The minimum Gasteiger partial charge on any atom is -0.315 e. The van der Waals surface area contributed by atoms with Gasteiger partial charge in [-0.3, -0.25) is 0 Å². The van der Waals surface area contributed by atoms with E-state index in [0.717, 1.165) is 30.6 Å². The monoisotopic (exact) mass is 334 g/mol. The summed E-state index contributed by atoms with van der Waals surface area (Å²) in [5.41, 5.74) is 0. The standard InChI is InChI=1S/C13H22N2O2S3/c1-14-8-12-7-13(9-19-12)20(16,17)15-10-3-5-11(18-2)6-4-10/h7,9-11,14-15H,3-6,8H2,1-2H3.